The Hall–Kier alpha value is -2.12. The summed E-state index contributed by atoms with van der Waals surface area (Å²) in [5.74, 6) is -0.480. The predicted molar refractivity (Wildman–Crippen MR) is 102 cm³/mol. The molecule has 0 fully saturated rings. The van der Waals surface area contributed by atoms with Gasteiger partial charge >= 0.3 is 6.03 Å². The van der Waals surface area contributed by atoms with Crippen LogP contribution in [0.5, 0.6) is 0 Å². The molecule has 0 unspecified atom stereocenters. The summed E-state index contributed by atoms with van der Waals surface area (Å²) in [5.41, 5.74) is 6.31. The van der Waals surface area contributed by atoms with Crippen LogP contribution in [0.1, 0.15) is 23.2 Å². The van der Waals surface area contributed by atoms with E-state index >= 15 is 0 Å². The first kappa shape index (κ1) is 20.9. The van der Waals surface area contributed by atoms with Crippen LogP contribution in [0.3, 0.4) is 0 Å². The summed E-state index contributed by atoms with van der Waals surface area (Å²) in [6, 6.07) is 6.48. The fourth-order valence-electron chi connectivity index (χ4n) is 2.39. The van der Waals surface area contributed by atoms with Crippen LogP contribution in [-0.4, -0.2) is 81.0 Å². The first-order chi connectivity index (χ1) is 11.8. The second-order valence-electron chi connectivity index (χ2n) is 6.67. The summed E-state index contributed by atoms with van der Waals surface area (Å²) in [6.07, 6.45) is 1.84. The Labute approximate surface area is 150 Å². The van der Waals surface area contributed by atoms with Gasteiger partial charge in [0.15, 0.2) is 0 Å². The molecule has 0 radical (unpaired) electrons. The van der Waals surface area contributed by atoms with Crippen LogP contribution in [0.25, 0.3) is 0 Å². The zero-order chi connectivity index (χ0) is 18.8. The molecule has 25 heavy (non-hydrogen) atoms. The Balaban J connectivity index is 2.63. The van der Waals surface area contributed by atoms with E-state index < -0.39 is 5.91 Å². The third kappa shape index (κ3) is 8.51. The molecule has 1 rings (SSSR count). The van der Waals surface area contributed by atoms with E-state index in [9.17, 15) is 9.59 Å². The number of primary amides is 1. The molecular formula is C18H31N5O2. The van der Waals surface area contributed by atoms with Crippen molar-refractivity contribution in [3.05, 3.63) is 29.8 Å². The van der Waals surface area contributed by atoms with Crippen molar-refractivity contribution >= 4 is 17.6 Å². The van der Waals surface area contributed by atoms with Crippen molar-refractivity contribution in [2.75, 3.05) is 59.7 Å². The number of amides is 3. The summed E-state index contributed by atoms with van der Waals surface area (Å²) in [7, 11) is 8.10. The van der Waals surface area contributed by atoms with E-state index in [1.54, 1.807) is 24.3 Å². The Morgan fingerprint density at radius 2 is 1.36 bits per heavy atom. The molecule has 1 aromatic carbocycles. The normalized spacial score (nSPS) is 11.0. The van der Waals surface area contributed by atoms with E-state index in [0.29, 0.717) is 24.3 Å². The van der Waals surface area contributed by atoms with Crippen LogP contribution in [0, 0.1) is 0 Å². The highest BCUT2D eigenvalue weighted by Crippen LogP contribution is 2.11. The molecule has 3 amide bonds. The third-order valence-electron chi connectivity index (χ3n) is 3.77. The quantitative estimate of drug-likeness (QED) is 0.671. The number of carbonyl (C=O) groups is 2. The minimum absolute atomic E-state index is 0.121. The Morgan fingerprint density at radius 1 is 0.880 bits per heavy atom. The lowest BCUT2D eigenvalue weighted by Crippen LogP contribution is -2.38. The number of nitrogens with zero attached hydrogens (tertiary/aromatic N) is 3. The summed E-state index contributed by atoms with van der Waals surface area (Å²) < 4.78 is 0. The summed E-state index contributed by atoms with van der Waals surface area (Å²) in [4.78, 5) is 29.7. The first-order valence-electron chi connectivity index (χ1n) is 8.55. The number of nitrogens with one attached hydrogen (secondary N) is 1. The van der Waals surface area contributed by atoms with E-state index in [1.807, 2.05) is 33.1 Å². The van der Waals surface area contributed by atoms with Gasteiger partial charge in [0.05, 0.1) is 0 Å². The molecule has 0 aliphatic rings. The van der Waals surface area contributed by atoms with Crippen molar-refractivity contribution in [3.63, 3.8) is 0 Å². The standard InChI is InChI=1S/C18H31N5O2/c1-21(2)11-5-13-23(14-6-12-22(3)4)18(25)20-16-9-7-15(8-10-16)17(19)24/h7-10H,5-6,11-14H2,1-4H3,(H2,19,24)(H,20,25). The number of urea groups is 1. The highest BCUT2D eigenvalue weighted by atomic mass is 16.2. The van der Waals surface area contributed by atoms with Crippen molar-refractivity contribution in [1.82, 2.24) is 14.7 Å². The van der Waals surface area contributed by atoms with Gasteiger partial charge in [0.25, 0.3) is 0 Å². The molecule has 7 heteroatoms. The van der Waals surface area contributed by atoms with E-state index in [2.05, 4.69) is 15.1 Å². The van der Waals surface area contributed by atoms with Gasteiger partial charge in [-0.1, -0.05) is 0 Å². The van der Waals surface area contributed by atoms with E-state index in [1.165, 1.54) is 0 Å². The molecule has 0 heterocycles. The van der Waals surface area contributed by atoms with Crippen molar-refractivity contribution in [2.45, 2.75) is 12.8 Å². The van der Waals surface area contributed by atoms with Crippen molar-refractivity contribution in [2.24, 2.45) is 5.73 Å². The third-order valence-corrected chi connectivity index (χ3v) is 3.77. The zero-order valence-electron chi connectivity index (χ0n) is 15.8. The second kappa shape index (κ2) is 10.7. The summed E-state index contributed by atoms with van der Waals surface area (Å²) >= 11 is 0. The van der Waals surface area contributed by atoms with Crippen LogP contribution in [0.2, 0.25) is 0 Å². The van der Waals surface area contributed by atoms with Crippen molar-refractivity contribution in [3.8, 4) is 0 Å². The number of nitrogens with two attached hydrogens (primary N) is 1. The number of hydrogen-bond acceptors (Lipinski definition) is 4. The average Bonchev–Trinajstić information content (AvgIpc) is 2.53. The molecule has 0 aliphatic carbocycles. The van der Waals surface area contributed by atoms with Crippen LogP contribution in [-0.2, 0) is 0 Å². The number of hydrogen-bond donors (Lipinski definition) is 2. The molecule has 7 nitrogen and oxygen atoms in total. The molecule has 0 aliphatic heterocycles. The number of rotatable bonds is 10. The lowest BCUT2D eigenvalue weighted by atomic mass is 10.2. The van der Waals surface area contributed by atoms with Crippen LogP contribution in [0.4, 0.5) is 10.5 Å². The number of benzene rings is 1. The SMILES string of the molecule is CN(C)CCCN(CCCN(C)C)C(=O)Nc1ccc(C(N)=O)cc1. The Morgan fingerprint density at radius 3 is 1.76 bits per heavy atom. The lowest BCUT2D eigenvalue weighted by Gasteiger charge is -2.24. The highest BCUT2D eigenvalue weighted by molar-refractivity contribution is 5.94. The van der Waals surface area contributed by atoms with Gasteiger partial charge in [-0.25, -0.2) is 4.79 Å². The summed E-state index contributed by atoms with van der Waals surface area (Å²) in [5, 5.41) is 2.89. The minimum atomic E-state index is -0.480. The van der Waals surface area contributed by atoms with Gasteiger partial charge in [-0.2, -0.15) is 0 Å². The van der Waals surface area contributed by atoms with Crippen LogP contribution < -0.4 is 11.1 Å². The first-order valence-corrected chi connectivity index (χ1v) is 8.55. The number of carbonyl (C=O) groups excluding carboxylic acids is 2. The van der Waals surface area contributed by atoms with Gasteiger partial charge < -0.3 is 25.8 Å². The fraction of sp³-hybridized carbons (Fsp3) is 0.556. The predicted octanol–water partition coefficient (Wildman–Crippen LogP) is 1.52. The lowest BCUT2D eigenvalue weighted by molar-refractivity contribution is 0.100. The maximum absolute atomic E-state index is 12.6. The molecular weight excluding hydrogens is 318 g/mol. The van der Waals surface area contributed by atoms with Crippen molar-refractivity contribution in [1.29, 1.82) is 0 Å². The maximum Gasteiger partial charge on any atom is 0.321 e. The van der Waals surface area contributed by atoms with Gasteiger partial charge in [0, 0.05) is 24.3 Å². The van der Waals surface area contributed by atoms with Gasteiger partial charge in [0.2, 0.25) is 5.91 Å². The Bertz CT molecular complexity index is 529. The van der Waals surface area contributed by atoms with Gasteiger partial charge in [-0.05, 0) is 78.4 Å². The monoisotopic (exact) mass is 349 g/mol. The minimum Gasteiger partial charge on any atom is -0.366 e. The highest BCUT2D eigenvalue weighted by Gasteiger charge is 2.13. The van der Waals surface area contributed by atoms with E-state index in [-0.39, 0.29) is 6.03 Å². The molecule has 140 valence electrons. The second-order valence-corrected chi connectivity index (χ2v) is 6.67. The molecule has 0 spiro atoms. The van der Waals surface area contributed by atoms with Crippen LogP contribution >= 0.6 is 0 Å². The Kier molecular flexibility index (Phi) is 8.94. The fourth-order valence-corrected chi connectivity index (χ4v) is 2.39. The molecule has 3 N–H and O–H groups in total. The van der Waals surface area contributed by atoms with Gasteiger partial charge in [0.1, 0.15) is 0 Å². The average molecular weight is 349 g/mol. The molecule has 0 saturated carbocycles. The van der Waals surface area contributed by atoms with E-state index in [4.69, 9.17) is 5.73 Å². The summed E-state index contributed by atoms with van der Waals surface area (Å²) in [6.45, 7) is 3.28. The molecule has 0 aromatic heterocycles. The smallest absolute Gasteiger partial charge is 0.321 e. The van der Waals surface area contributed by atoms with Crippen LogP contribution in [0.15, 0.2) is 24.3 Å². The number of anilines is 1. The molecule has 0 saturated heterocycles. The van der Waals surface area contributed by atoms with Gasteiger partial charge in [-0.15, -0.1) is 0 Å². The van der Waals surface area contributed by atoms with Gasteiger partial charge in [-0.3, -0.25) is 4.79 Å². The molecule has 1 aromatic rings. The molecule has 0 atom stereocenters. The molecule has 0 bridgehead atoms. The van der Waals surface area contributed by atoms with Crippen molar-refractivity contribution < 1.29 is 9.59 Å². The van der Waals surface area contributed by atoms with E-state index in [0.717, 1.165) is 25.9 Å². The topological polar surface area (TPSA) is 81.9 Å². The largest absolute Gasteiger partial charge is 0.366 e. The maximum atomic E-state index is 12.6. The zero-order valence-corrected chi connectivity index (χ0v) is 15.8.